The molecule has 72 valence electrons. The van der Waals surface area contributed by atoms with Gasteiger partial charge in [0.2, 0.25) is 5.91 Å². The van der Waals surface area contributed by atoms with E-state index in [-0.39, 0.29) is 12.4 Å². The SMILES string of the molecule is COC(=O)C1=C(CC(N)=O)CCC1. The maximum absolute atomic E-state index is 11.2. The Morgan fingerprint density at radius 2 is 2.15 bits per heavy atom. The molecule has 0 heterocycles. The number of nitrogens with two attached hydrogens (primary N) is 1. The molecular formula is C9H13NO3. The molecule has 2 N–H and O–H groups in total. The molecule has 0 saturated heterocycles. The van der Waals surface area contributed by atoms with Gasteiger partial charge in [-0.3, -0.25) is 4.79 Å². The second-order valence-corrected chi connectivity index (χ2v) is 3.07. The summed E-state index contributed by atoms with van der Waals surface area (Å²) in [5, 5.41) is 0. The van der Waals surface area contributed by atoms with Crippen LogP contribution in [0.4, 0.5) is 0 Å². The third kappa shape index (κ3) is 2.31. The second kappa shape index (κ2) is 4.07. The number of ether oxygens (including phenoxy) is 1. The van der Waals surface area contributed by atoms with Gasteiger partial charge in [-0.15, -0.1) is 0 Å². The molecule has 0 aliphatic heterocycles. The zero-order valence-corrected chi connectivity index (χ0v) is 7.63. The largest absolute Gasteiger partial charge is 0.466 e. The summed E-state index contributed by atoms with van der Waals surface area (Å²) < 4.78 is 4.60. The molecule has 0 aromatic rings. The molecule has 0 spiro atoms. The van der Waals surface area contributed by atoms with Crippen LogP contribution in [0.2, 0.25) is 0 Å². The predicted molar refractivity (Wildman–Crippen MR) is 46.7 cm³/mol. The van der Waals surface area contributed by atoms with Gasteiger partial charge in [-0.1, -0.05) is 5.57 Å². The summed E-state index contributed by atoms with van der Waals surface area (Å²) in [6, 6.07) is 0. The minimum Gasteiger partial charge on any atom is -0.466 e. The van der Waals surface area contributed by atoms with Crippen LogP contribution in [0.25, 0.3) is 0 Å². The molecule has 0 radical (unpaired) electrons. The van der Waals surface area contributed by atoms with E-state index in [1.165, 1.54) is 7.11 Å². The Kier molecular flexibility index (Phi) is 3.06. The van der Waals surface area contributed by atoms with Crippen LogP contribution in [-0.4, -0.2) is 19.0 Å². The van der Waals surface area contributed by atoms with Crippen LogP contribution >= 0.6 is 0 Å². The lowest BCUT2D eigenvalue weighted by Gasteiger charge is -2.02. The number of primary amides is 1. The van der Waals surface area contributed by atoms with Crippen molar-refractivity contribution in [1.82, 2.24) is 0 Å². The number of rotatable bonds is 3. The fraction of sp³-hybridized carbons (Fsp3) is 0.556. The summed E-state index contributed by atoms with van der Waals surface area (Å²) in [4.78, 5) is 21.8. The zero-order valence-electron chi connectivity index (χ0n) is 7.63. The summed E-state index contributed by atoms with van der Waals surface area (Å²) in [5.41, 5.74) is 6.54. The molecule has 13 heavy (non-hydrogen) atoms. The normalized spacial score (nSPS) is 16.1. The third-order valence-corrected chi connectivity index (χ3v) is 2.15. The van der Waals surface area contributed by atoms with Crippen LogP contribution in [0.3, 0.4) is 0 Å². The highest BCUT2D eigenvalue weighted by Gasteiger charge is 2.21. The van der Waals surface area contributed by atoms with E-state index in [1.54, 1.807) is 0 Å². The van der Waals surface area contributed by atoms with Gasteiger partial charge < -0.3 is 10.5 Å². The van der Waals surface area contributed by atoms with E-state index in [0.717, 1.165) is 18.4 Å². The van der Waals surface area contributed by atoms with E-state index in [9.17, 15) is 9.59 Å². The van der Waals surface area contributed by atoms with Crippen molar-refractivity contribution in [1.29, 1.82) is 0 Å². The smallest absolute Gasteiger partial charge is 0.333 e. The first-order valence-electron chi connectivity index (χ1n) is 4.22. The fourth-order valence-electron chi connectivity index (χ4n) is 1.58. The summed E-state index contributed by atoms with van der Waals surface area (Å²) in [6.45, 7) is 0. The number of esters is 1. The highest BCUT2D eigenvalue weighted by molar-refractivity contribution is 5.91. The van der Waals surface area contributed by atoms with Gasteiger partial charge in [-0.25, -0.2) is 4.79 Å². The van der Waals surface area contributed by atoms with Crippen LogP contribution < -0.4 is 5.73 Å². The minimum absolute atomic E-state index is 0.185. The monoisotopic (exact) mass is 183 g/mol. The van der Waals surface area contributed by atoms with Crippen molar-refractivity contribution in [2.45, 2.75) is 25.7 Å². The van der Waals surface area contributed by atoms with Gasteiger partial charge in [-0.2, -0.15) is 0 Å². The number of hydrogen-bond acceptors (Lipinski definition) is 3. The first kappa shape index (κ1) is 9.77. The van der Waals surface area contributed by atoms with E-state index < -0.39 is 5.91 Å². The molecule has 0 bridgehead atoms. The lowest BCUT2D eigenvalue weighted by Crippen LogP contribution is -2.13. The molecule has 4 nitrogen and oxygen atoms in total. The zero-order chi connectivity index (χ0) is 9.84. The summed E-state index contributed by atoms with van der Waals surface area (Å²) in [6.07, 6.45) is 2.58. The van der Waals surface area contributed by atoms with Crippen LogP contribution in [-0.2, 0) is 14.3 Å². The Labute approximate surface area is 76.7 Å². The van der Waals surface area contributed by atoms with Crippen molar-refractivity contribution in [3.8, 4) is 0 Å². The number of carbonyl (C=O) groups excluding carboxylic acids is 2. The number of hydrogen-bond donors (Lipinski definition) is 1. The maximum Gasteiger partial charge on any atom is 0.333 e. The Bertz CT molecular complexity index is 268. The highest BCUT2D eigenvalue weighted by atomic mass is 16.5. The summed E-state index contributed by atoms with van der Waals surface area (Å²) in [5.74, 6) is -0.716. The Morgan fingerprint density at radius 1 is 1.46 bits per heavy atom. The Balaban J connectivity index is 2.76. The number of amides is 1. The second-order valence-electron chi connectivity index (χ2n) is 3.07. The van der Waals surface area contributed by atoms with E-state index in [2.05, 4.69) is 4.74 Å². The van der Waals surface area contributed by atoms with Gasteiger partial charge in [0.05, 0.1) is 7.11 Å². The average Bonchev–Trinajstić information content (AvgIpc) is 2.50. The van der Waals surface area contributed by atoms with E-state index in [0.29, 0.717) is 12.0 Å². The lowest BCUT2D eigenvalue weighted by atomic mass is 10.1. The van der Waals surface area contributed by atoms with Gasteiger partial charge in [0.15, 0.2) is 0 Å². The average molecular weight is 183 g/mol. The molecule has 0 saturated carbocycles. The van der Waals surface area contributed by atoms with Crippen LogP contribution in [0.1, 0.15) is 25.7 Å². The third-order valence-electron chi connectivity index (χ3n) is 2.15. The fourth-order valence-corrected chi connectivity index (χ4v) is 1.58. The standard InChI is InChI=1S/C9H13NO3/c1-13-9(12)7-4-2-3-6(7)5-8(10)11/h2-5H2,1H3,(H2,10,11). The lowest BCUT2D eigenvalue weighted by molar-refractivity contribution is -0.136. The molecule has 0 fully saturated rings. The van der Waals surface area contributed by atoms with Gasteiger partial charge >= 0.3 is 5.97 Å². The van der Waals surface area contributed by atoms with E-state index in [4.69, 9.17) is 5.73 Å². The van der Waals surface area contributed by atoms with E-state index >= 15 is 0 Å². The molecule has 4 heteroatoms. The van der Waals surface area contributed by atoms with Gasteiger partial charge in [0, 0.05) is 12.0 Å². The molecule has 0 aromatic carbocycles. The van der Waals surface area contributed by atoms with Crippen molar-refractivity contribution in [2.75, 3.05) is 7.11 Å². The first-order valence-corrected chi connectivity index (χ1v) is 4.22. The highest BCUT2D eigenvalue weighted by Crippen LogP contribution is 2.28. The Morgan fingerprint density at radius 3 is 2.69 bits per heavy atom. The van der Waals surface area contributed by atoms with Crippen molar-refractivity contribution >= 4 is 11.9 Å². The molecule has 0 unspecified atom stereocenters. The molecular weight excluding hydrogens is 170 g/mol. The molecule has 1 aliphatic rings. The minimum atomic E-state index is -0.390. The quantitative estimate of drug-likeness (QED) is 0.648. The molecule has 1 aliphatic carbocycles. The maximum atomic E-state index is 11.2. The van der Waals surface area contributed by atoms with Crippen LogP contribution in [0.5, 0.6) is 0 Å². The topological polar surface area (TPSA) is 69.4 Å². The molecule has 0 aromatic heterocycles. The summed E-state index contributed by atoms with van der Waals surface area (Å²) >= 11 is 0. The predicted octanol–water partition coefficient (Wildman–Crippen LogP) is 0.515. The van der Waals surface area contributed by atoms with Crippen LogP contribution in [0.15, 0.2) is 11.1 Å². The number of carbonyl (C=O) groups is 2. The molecule has 1 rings (SSSR count). The number of methoxy groups -OCH3 is 1. The summed E-state index contributed by atoms with van der Waals surface area (Å²) in [7, 11) is 1.34. The van der Waals surface area contributed by atoms with Crippen molar-refractivity contribution in [2.24, 2.45) is 5.73 Å². The van der Waals surface area contributed by atoms with Crippen molar-refractivity contribution in [3.63, 3.8) is 0 Å². The van der Waals surface area contributed by atoms with Crippen molar-refractivity contribution < 1.29 is 14.3 Å². The van der Waals surface area contributed by atoms with Gasteiger partial charge in [-0.05, 0) is 19.3 Å². The van der Waals surface area contributed by atoms with Gasteiger partial charge in [0.1, 0.15) is 0 Å². The van der Waals surface area contributed by atoms with Crippen molar-refractivity contribution in [3.05, 3.63) is 11.1 Å². The molecule has 1 amide bonds. The van der Waals surface area contributed by atoms with Gasteiger partial charge in [0.25, 0.3) is 0 Å². The van der Waals surface area contributed by atoms with Crippen LogP contribution in [0, 0.1) is 0 Å². The molecule has 0 atom stereocenters. The van der Waals surface area contributed by atoms with E-state index in [1.807, 2.05) is 0 Å². The Hall–Kier alpha value is -1.32. The first-order chi connectivity index (χ1) is 6.15.